The number of nitrogens with zero attached hydrogens (tertiary/aromatic N) is 2. The van der Waals surface area contributed by atoms with E-state index in [4.69, 9.17) is 4.74 Å². The van der Waals surface area contributed by atoms with E-state index in [2.05, 4.69) is 17.1 Å². The molecule has 1 unspecified atom stereocenters. The summed E-state index contributed by atoms with van der Waals surface area (Å²) in [5, 5.41) is 3.07. The molecule has 2 heterocycles. The molecule has 5 nitrogen and oxygen atoms in total. The summed E-state index contributed by atoms with van der Waals surface area (Å²) < 4.78 is 5.58. The Morgan fingerprint density at radius 1 is 1.22 bits per heavy atom. The molecule has 150 valence electrons. The van der Waals surface area contributed by atoms with Crippen LogP contribution in [-0.4, -0.2) is 55.2 Å². The van der Waals surface area contributed by atoms with Crippen LogP contribution in [0.4, 0.5) is 10.5 Å². The Kier molecular flexibility index (Phi) is 7.00. The molecule has 0 radical (unpaired) electrons. The quantitative estimate of drug-likeness (QED) is 0.833. The zero-order chi connectivity index (χ0) is 19.2. The summed E-state index contributed by atoms with van der Waals surface area (Å²) in [6.07, 6.45) is 4.96. The van der Waals surface area contributed by atoms with Crippen molar-refractivity contribution in [2.45, 2.75) is 46.5 Å². The molecular formula is C22H35N3O2. The number of anilines is 1. The maximum atomic E-state index is 12.7. The summed E-state index contributed by atoms with van der Waals surface area (Å²) >= 11 is 0. The Morgan fingerprint density at radius 3 is 2.70 bits per heavy atom. The number of rotatable bonds is 5. The lowest BCUT2D eigenvalue weighted by atomic mass is 9.94. The van der Waals surface area contributed by atoms with Crippen LogP contribution in [0.15, 0.2) is 18.2 Å². The number of likely N-dealkylation sites (tertiary alicyclic amines) is 2. The van der Waals surface area contributed by atoms with Gasteiger partial charge in [0.25, 0.3) is 0 Å². The van der Waals surface area contributed by atoms with Crippen molar-refractivity contribution < 1.29 is 9.53 Å². The highest BCUT2D eigenvalue weighted by molar-refractivity contribution is 5.89. The van der Waals surface area contributed by atoms with E-state index >= 15 is 0 Å². The van der Waals surface area contributed by atoms with Gasteiger partial charge in [0.2, 0.25) is 0 Å². The van der Waals surface area contributed by atoms with Gasteiger partial charge in [-0.2, -0.15) is 0 Å². The van der Waals surface area contributed by atoms with Crippen LogP contribution in [0.5, 0.6) is 5.75 Å². The number of carbonyl (C=O) groups excluding carboxylic acids is 1. The van der Waals surface area contributed by atoms with Gasteiger partial charge in [-0.15, -0.1) is 0 Å². The van der Waals surface area contributed by atoms with Crippen LogP contribution in [-0.2, 0) is 0 Å². The van der Waals surface area contributed by atoms with Crippen molar-refractivity contribution in [3.8, 4) is 5.75 Å². The number of amides is 2. The van der Waals surface area contributed by atoms with Crippen molar-refractivity contribution in [1.29, 1.82) is 0 Å². The maximum Gasteiger partial charge on any atom is 0.321 e. The standard InChI is InChI=1S/C22H35N3O2/c1-4-27-21-8-7-20(14-18(21)3)23-22(26)25-11-5-6-19(16-25)15-24-12-9-17(2)10-13-24/h7-8,14,17,19H,4-6,9-13,15-16H2,1-3H3,(H,23,26). The minimum atomic E-state index is 0.0236. The van der Waals surface area contributed by atoms with E-state index in [1.165, 1.54) is 32.4 Å². The fourth-order valence-corrected chi connectivity index (χ4v) is 4.26. The SMILES string of the molecule is CCOc1ccc(NC(=O)N2CCCC(CN3CCC(C)CC3)C2)cc1C. The normalized spacial score (nSPS) is 21.9. The number of aryl methyl sites for hydroxylation is 1. The number of benzene rings is 1. The highest BCUT2D eigenvalue weighted by atomic mass is 16.5. The molecule has 2 amide bonds. The molecule has 0 bridgehead atoms. The second kappa shape index (κ2) is 9.45. The Bertz CT molecular complexity index is 626. The monoisotopic (exact) mass is 373 g/mol. The van der Waals surface area contributed by atoms with Crippen LogP contribution in [0.2, 0.25) is 0 Å². The second-order valence-electron chi connectivity index (χ2n) is 8.28. The largest absolute Gasteiger partial charge is 0.494 e. The minimum absolute atomic E-state index is 0.0236. The van der Waals surface area contributed by atoms with Crippen LogP contribution in [0.25, 0.3) is 0 Å². The van der Waals surface area contributed by atoms with E-state index in [1.807, 2.05) is 36.9 Å². The first-order valence-corrected chi connectivity index (χ1v) is 10.6. The van der Waals surface area contributed by atoms with Gasteiger partial charge >= 0.3 is 6.03 Å². The summed E-state index contributed by atoms with van der Waals surface area (Å²) in [5.41, 5.74) is 1.89. The lowest BCUT2D eigenvalue weighted by Gasteiger charge is -2.37. The van der Waals surface area contributed by atoms with E-state index in [0.717, 1.165) is 49.0 Å². The van der Waals surface area contributed by atoms with Crippen molar-refractivity contribution in [3.63, 3.8) is 0 Å². The molecule has 3 rings (SSSR count). The molecule has 0 saturated carbocycles. The number of nitrogens with one attached hydrogen (secondary N) is 1. The van der Waals surface area contributed by atoms with Gasteiger partial charge in [-0.1, -0.05) is 6.92 Å². The maximum absolute atomic E-state index is 12.7. The molecule has 2 aliphatic heterocycles. The number of ether oxygens (including phenoxy) is 1. The molecule has 27 heavy (non-hydrogen) atoms. The third-order valence-electron chi connectivity index (χ3n) is 5.92. The summed E-state index contributed by atoms with van der Waals surface area (Å²) in [6, 6.07) is 5.87. The average Bonchev–Trinajstić information content (AvgIpc) is 2.66. The second-order valence-corrected chi connectivity index (χ2v) is 8.28. The molecular weight excluding hydrogens is 338 g/mol. The number of urea groups is 1. The minimum Gasteiger partial charge on any atom is -0.494 e. The highest BCUT2D eigenvalue weighted by Gasteiger charge is 2.26. The zero-order valence-electron chi connectivity index (χ0n) is 17.2. The first-order valence-electron chi connectivity index (χ1n) is 10.6. The van der Waals surface area contributed by atoms with E-state index < -0.39 is 0 Å². The number of hydrogen-bond acceptors (Lipinski definition) is 3. The average molecular weight is 374 g/mol. The van der Waals surface area contributed by atoms with Crippen LogP contribution >= 0.6 is 0 Å². The van der Waals surface area contributed by atoms with Crippen molar-refractivity contribution >= 4 is 11.7 Å². The first-order chi connectivity index (χ1) is 13.0. The first kappa shape index (κ1) is 20.0. The molecule has 0 aromatic heterocycles. The van der Waals surface area contributed by atoms with E-state index in [1.54, 1.807) is 0 Å². The molecule has 0 spiro atoms. The van der Waals surface area contributed by atoms with E-state index in [-0.39, 0.29) is 6.03 Å². The van der Waals surface area contributed by atoms with Gasteiger partial charge in [0.1, 0.15) is 5.75 Å². The van der Waals surface area contributed by atoms with Gasteiger partial charge in [-0.05, 0) is 88.2 Å². The molecule has 1 aromatic carbocycles. The fourth-order valence-electron chi connectivity index (χ4n) is 4.26. The van der Waals surface area contributed by atoms with E-state index in [9.17, 15) is 4.79 Å². The molecule has 1 aromatic rings. The predicted octanol–water partition coefficient (Wildman–Crippen LogP) is 4.37. The fraction of sp³-hybridized carbons (Fsp3) is 0.682. The van der Waals surface area contributed by atoms with Gasteiger partial charge < -0.3 is 19.9 Å². The molecule has 1 atom stereocenters. The third kappa shape index (κ3) is 5.61. The molecule has 5 heteroatoms. The van der Waals surface area contributed by atoms with Gasteiger partial charge in [0, 0.05) is 25.3 Å². The number of carbonyl (C=O) groups is 1. The molecule has 0 aliphatic carbocycles. The number of piperidine rings is 2. The van der Waals surface area contributed by atoms with Crippen LogP contribution in [0, 0.1) is 18.8 Å². The van der Waals surface area contributed by atoms with Crippen LogP contribution in [0.3, 0.4) is 0 Å². The summed E-state index contributed by atoms with van der Waals surface area (Å²) in [5.74, 6) is 2.34. The van der Waals surface area contributed by atoms with E-state index in [0.29, 0.717) is 12.5 Å². The van der Waals surface area contributed by atoms with Gasteiger partial charge in [0.15, 0.2) is 0 Å². The zero-order valence-corrected chi connectivity index (χ0v) is 17.2. The predicted molar refractivity (Wildman–Crippen MR) is 111 cm³/mol. The van der Waals surface area contributed by atoms with Crippen molar-refractivity contribution in [2.24, 2.45) is 11.8 Å². The van der Waals surface area contributed by atoms with Crippen LogP contribution < -0.4 is 10.1 Å². The van der Waals surface area contributed by atoms with Crippen molar-refractivity contribution in [2.75, 3.05) is 44.6 Å². The van der Waals surface area contributed by atoms with Gasteiger partial charge in [-0.3, -0.25) is 0 Å². The van der Waals surface area contributed by atoms with Crippen LogP contribution in [0.1, 0.15) is 45.1 Å². The molecule has 1 N–H and O–H groups in total. The molecule has 2 fully saturated rings. The Labute approximate surface area is 164 Å². The summed E-state index contributed by atoms with van der Waals surface area (Å²) in [6.45, 7) is 12.3. The van der Waals surface area contributed by atoms with Crippen molar-refractivity contribution in [3.05, 3.63) is 23.8 Å². The topological polar surface area (TPSA) is 44.8 Å². The number of hydrogen-bond donors (Lipinski definition) is 1. The lowest BCUT2D eigenvalue weighted by Crippen LogP contribution is -2.46. The Morgan fingerprint density at radius 2 is 2.00 bits per heavy atom. The summed E-state index contributed by atoms with van der Waals surface area (Å²) in [4.78, 5) is 17.3. The van der Waals surface area contributed by atoms with Gasteiger partial charge in [0.05, 0.1) is 6.61 Å². The summed E-state index contributed by atoms with van der Waals surface area (Å²) in [7, 11) is 0. The smallest absolute Gasteiger partial charge is 0.321 e. The molecule has 2 aliphatic rings. The Balaban J connectivity index is 1.51. The Hall–Kier alpha value is -1.75. The highest BCUT2D eigenvalue weighted by Crippen LogP contribution is 2.24. The lowest BCUT2D eigenvalue weighted by molar-refractivity contribution is 0.124. The van der Waals surface area contributed by atoms with Crippen molar-refractivity contribution in [1.82, 2.24) is 9.80 Å². The molecule has 2 saturated heterocycles. The van der Waals surface area contributed by atoms with Gasteiger partial charge in [-0.25, -0.2) is 4.79 Å². The third-order valence-corrected chi connectivity index (χ3v) is 5.92.